The van der Waals surface area contributed by atoms with Gasteiger partial charge in [0.2, 0.25) is 0 Å². The van der Waals surface area contributed by atoms with Crippen molar-refractivity contribution in [2.24, 2.45) is 5.84 Å². The van der Waals surface area contributed by atoms with E-state index in [0.29, 0.717) is 11.3 Å². The molecule has 2 aromatic rings. The first kappa shape index (κ1) is 15.1. The number of hydrogen-bond donors (Lipinski definition) is 3. The molecule has 0 bridgehead atoms. The largest absolute Gasteiger partial charge is 0.323 e. The van der Waals surface area contributed by atoms with E-state index in [1.807, 2.05) is 36.4 Å². The Morgan fingerprint density at radius 2 is 1.52 bits per heavy atom. The Labute approximate surface area is 125 Å². The fourth-order valence-electron chi connectivity index (χ4n) is 2.24. The lowest BCUT2D eigenvalue weighted by Gasteiger charge is -2.23. The van der Waals surface area contributed by atoms with Crippen LogP contribution < -0.4 is 16.6 Å². The van der Waals surface area contributed by atoms with Crippen molar-refractivity contribution in [2.75, 3.05) is 10.7 Å². The molecule has 4 N–H and O–H groups in total. The highest BCUT2D eigenvalue weighted by Gasteiger charge is 2.19. The van der Waals surface area contributed by atoms with Crippen LogP contribution in [0, 0.1) is 0 Å². The molecule has 0 aliphatic carbocycles. The summed E-state index contributed by atoms with van der Waals surface area (Å²) in [7, 11) is 0. The van der Waals surface area contributed by atoms with Gasteiger partial charge in [-0.25, -0.2) is 0 Å². The Balaban J connectivity index is 2.33. The molecule has 0 saturated carbocycles. The van der Waals surface area contributed by atoms with Gasteiger partial charge < -0.3 is 10.7 Å². The van der Waals surface area contributed by atoms with Crippen LogP contribution in [0.1, 0.15) is 36.7 Å². The van der Waals surface area contributed by atoms with Gasteiger partial charge in [-0.2, -0.15) is 0 Å². The molecule has 0 unspecified atom stereocenters. The highest BCUT2D eigenvalue weighted by Crippen LogP contribution is 2.29. The maximum absolute atomic E-state index is 12.5. The summed E-state index contributed by atoms with van der Waals surface area (Å²) in [6.07, 6.45) is 0. The van der Waals surface area contributed by atoms with Crippen molar-refractivity contribution in [3.05, 3.63) is 59.7 Å². The van der Waals surface area contributed by atoms with Crippen molar-refractivity contribution in [3.63, 3.8) is 0 Å². The van der Waals surface area contributed by atoms with E-state index in [1.54, 1.807) is 12.1 Å². The zero-order valence-corrected chi connectivity index (χ0v) is 12.6. The van der Waals surface area contributed by atoms with Gasteiger partial charge in [0.15, 0.2) is 0 Å². The normalized spacial score (nSPS) is 11.0. The Morgan fingerprint density at radius 1 is 0.952 bits per heavy atom. The Hall–Kier alpha value is -2.33. The standard InChI is InChI=1S/C17H21N3O/c1-17(2,3)13-9-5-7-11-15(13)19-16(21)12-8-4-6-10-14(12)20-18/h4-11,20H,18H2,1-3H3,(H,19,21). The number of hydrogen-bond acceptors (Lipinski definition) is 3. The van der Waals surface area contributed by atoms with Gasteiger partial charge in [0, 0.05) is 5.69 Å². The molecule has 4 nitrogen and oxygen atoms in total. The minimum Gasteiger partial charge on any atom is -0.323 e. The molecule has 2 aromatic carbocycles. The summed E-state index contributed by atoms with van der Waals surface area (Å²) in [5, 5.41) is 2.97. The first-order valence-corrected chi connectivity index (χ1v) is 6.90. The van der Waals surface area contributed by atoms with Crippen molar-refractivity contribution in [1.29, 1.82) is 0 Å². The van der Waals surface area contributed by atoms with Crippen molar-refractivity contribution >= 4 is 17.3 Å². The third-order valence-electron chi connectivity index (χ3n) is 3.31. The first-order chi connectivity index (χ1) is 9.93. The van der Waals surface area contributed by atoms with E-state index in [-0.39, 0.29) is 11.3 Å². The molecule has 0 aliphatic rings. The van der Waals surface area contributed by atoms with Crippen molar-refractivity contribution < 1.29 is 4.79 Å². The van der Waals surface area contributed by atoms with Gasteiger partial charge in [-0.1, -0.05) is 51.1 Å². The van der Waals surface area contributed by atoms with E-state index in [0.717, 1.165) is 11.3 Å². The average molecular weight is 283 g/mol. The van der Waals surface area contributed by atoms with E-state index in [1.165, 1.54) is 0 Å². The topological polar surface area (TPSA) is 67.2 Å². The summed E-state index contributed by atoms with van der Waals surface area (Å²) in [5.41, 5.74) is 5.53. The SMILES string of the molecule is CC(C)(C)c1ccccc1NC(=O)c1ccccc1NN. The van der Waals surface area contributed by atoms with Crippen LogP contribution in [-0.4, -0.2) is 5.91 Å². The number of nitrogen functional groups attached to an aromatic ring is 1. The quantitative estimate of drug-likeness (QED) is 0.596. The van der Waals surface area contributed by atoms with Crippen LogP contribution in [0.3, 0.4) is 0 Å². The zero-order valence-electron chi connectivity index (χ0n) is 12.6. The van der Waals surface area contributed by atoms with Gasteiger partial charge in [0.25, 0.3) is 5.91 Å². The number of nitrogens with two attached hydrogens (primary N) is 1. The van der Waals surface area contributed by atoms with Crippen molar-refractivity contribution in [1.82, 2.24) is 0 Å². The lowest BCUT2D eigenvalue weighted by molar-refractivity contribution is 0.102. The summed E-state index contributed by atoms with van der Waals surface area (Å²) >= 11 is 0. The monoisotopic (exact) mass is 283 g/mol. The molecule has 110 valence electrons. The van der Waals surface area contributed by atoms with E-state index in [2.05, 4.69) is 31.5 Å². The molecule has 0 atom stereocenters. The number of rotatable bonds is 3. The minimum absolute atomic E-state index is 0.0461. The van der Waals surface area contributed by atoms with Crippen molar-refractivity contribution in [3.8, 4) is 0 Å². The predicted octanol–water partition coefficient (Wildman–Crippen LogP) is 3.52. The summed E-state index contributed by atoms with van der Waals surface area (Å²) in [6, 6.07) is 15.0. The van der Waals surface area contributed by atoms with Crippen LogP contribution >= 0.6 is 0 Å². The Morgan fingerprint density at radius 3 is 2.14 bits per heavy atom. The van der Waals surface area contributed by atoms with Crippen LogP contribution in [0.4, 0.5) is 11.4 Å². The van der Waals surface area contributed by atoms with E-state index >= 15 is 0 Å². The molecule has 4 heteroatoms. The second kappa shape index (κ2) is 5.97. The van der Waals surface area contributed by atoms with Crippen LogP contribution in [0.2, 0.25) is 0 Å². The van der Waals surface area contributed by atoms with Crippen LogP contribution in [0.15, 0.2) is 48.5 Å². The molecular weight excluding hydrogens is 262 g/mol. The summed E-state index contributed by atoms with van der Waals surface area (Å²) in [6.45, 7) is 6.36. The average Bonchev–Trinajstić information content (AvgIpc) is 2.46. The number of nitrogens with one attached hydrogen (secondary N) is 2. The van der Waals surface area contributed by atoms with Gasteiger partial charge in [-0.3, -0.25) is 10.6 Å². The van der Waals surface area contributed by atoms with E-state index in [9.17, 15) is 4.79 Å². The molecule has 0 radical (unpaired) electrons. The second-order valence-electron chi connectivity index (χ2n) is 5.94. The van der Waals surface area contributed by atoms with E-state index < -0.39 is 0 Å². The number of carbonyl (C=O) groups excluding carboxylic acids is 1. The first-order valence-electron chi connectivity index (χ1n) is 6.90. The lowest BCUT2D eigenvalue weighted by Crippen LogP contribution is -2.20. The number of para-hydroxylation sites is 2. The van der Waals surface area contributed by atoms with Gasteiger partial charge >= 0.3 is 0 Å². The molecule has 0 spiro atoms. The van der Waals surface area contributed by atoms with Gasteiger partial charge in [0.1, 0.15) is 0 Å². The maximum atomic E-state index is 12.5. The minimum atomic E-state index is -0.180. The molecule has 0 saturated heterocycles. The molecule has 21 heavy (non-hydrogen) atoms. The molecule has 0 heterocycles. The fourth-order valence-corrected chi connectivity index (χ4v) is 2.24. The molecule has 2 rings (SSSR count). The molecule has 0 fully saturated rings. The highest BCUT2D eigenvalue weighted by molar-refractivity contribution is 6.08. The summed E-state index contributed by atoms with van der Waals surface area (Å²) in [5.74, 6) is 5.27. The predicted molar refractivity (Wildman–Crippen MR) is 87.3 cm³/mol. The smallest absolute Gasteiger partial charge is 0.257 e. The van der Waals surface area contributed by atoms with Crippen molar-refractivity contribution in [2.45, 2.75) is 26.2 Å². The van der Waals surface area contributed by atoms with Gasteiger partial charge in [-0.05, 0) is 29.2 Å². The van der Waals surface area contributed by atoms with E-state index in [4.69, 9.17) is 5.84 Å². The number of benzene rings is 2. The van der Waals surface area contributed by atoms with Gasteiger partial charge in [0.05, 0.1) is 11.3 Å². The fraction of sp³-hybridized carbons (Fsp3) is 0.235. The van der Waals surface area contributed by atoms with Crippen LogP contribution in [0.5, 0.6) is 0 Å². The molecular formula is C17H21N3O. The van der Waals surface area contributed by atoms with Crippen LogP contribution in [-0.2, 0) is 5.41 Å². The summed E-state index contributed by atoms with van der Waals surface area (Å²) < 4.78 is 0. The lowest BCUT2D eigenvalue weighted by atomic mass is 9.86. The summed E-state index contributed by atoms with van der Waals surface area (Å²) in [4.78, 5) is 12.5. The Kier molecular flexibility index (Phi) is 4.29. The third-order valence-corrected chi connectivity index (χ3v) is 3.31. The Bertz CT molecular complexity index is 644. The third kappa shape index (κ3) is 3.41. The number of carbonyl (C=O) groups is 1. The zero-order chi connectivity index (χ0) is 15.5. The molecule has 1 amide bonds. The molecule has 0 aromatic heterocycles. The highest BCUT2D eigenvalue weighted by atomic mass is 16.1. The maximum Gasteiger partial charge on any atom is 0.257 e. The number of hydrazine groups is 1. The molecule has 0 aliphatic heterocycles. The van der Waals surface area contributed by atoms with Crippen LogP contribution in [0.25, 0.3) is 0 Å². The number of amides is 1. The van der Waals surface area contributed by atoms with Gasteiger partial charge in [-0.15, -0.1) is 0 Å². The number of anilines is 2. The second-order valence-corrected chi connectivity index (χ2v) is 5.94.